The van der Waals surface area contributed by atoms with Crippen molar-refractivity contribution in [2.75, 3.05) is 26.3 Å². The zero-order chi connectivity index (χ0) is 14.6. The second kappa shape index (κ2) is 10.9. The van der Waals surface area contributed by atoms with Crippen LogP contribution in [-0.2, 0) is 4.74 Å². The number of benzene rings is 1. The molecule has 0 spiro atoms. The van der Waals surface area contributed by atoms with E-state index in [0.29, 0.717) is 5.92 Å². The van der Waals surface area contributed by atoms with Gasteiger partial charge in [-0.2, -0.15) is 0 Å². The fourth-order valence-corrected chi connectivity index (χ4v) is 2.34. The van der Waals surface area contributed by atoms with Crippen LogP contribution in [0.1, 0.15) is 56.6 Å². The summed E-state index contributed by atoms with van der Waals surface area (Å²) in [4.78, 5) is 0. The molecule has 0 radical (unpaired) electrons. The maximum atomic E-state index is 5.73. The summed E-state index contributed by atoms with van der Waals surface area (Å²) in [6.07, 6.45) is 4.67. The number of nitrogens with one attached hydrogen (secondary N) is 1. The van der Waals surface area contributed by atoms with Gasteiger partial charge in [0.05, 0.1) is 0 Å². The first-order chi connectivity index (χ1) is 9.77. The SMILES string of the molecule is CCCCOCCC(CNCCC)c1cccc(C)c1. The summed E-state index contributed by atoms with van der Waals surface area (Å²) in [5.41, 5.74) is 2.78. The monoisotopic (exact) mass is 277 g/mol. The van der Waals surface area contributed by atoms with E-state index in [0.717, 1.165) is 32.7 Å². The van der Waals surface area contributed by atoms with Gasteiger partial charge in [0.1, 0.15) is 0 Å². The third-order valence-corrected chi connectivity index (χ3v) is 3.58. The molecule has 1 aromatic carbocycles. The van der Waals surface area contributed by atoms with Gasteiger partial charge in [0.15, 0.2) is 0 Å². The van der Waals surface area contributed by atoms with Crippen LogP contribution in [0.25, 0.3) is 0 Å². The molecule has 0 saturated heterocycles. The summed E-state index contributed by atoms with van der Waals surface area (Å²) < 4.78 is 5.73. The molecule has 0 bridgehead atoms. The van der Waals surface area contributed by atoms with E-state index in [1.807, 2.05) is 0 Å². The number of aryl methyl sites for hydroxylation is 1. The van der Waals surface area contributed by atoms with E-state index >= 15 is 0 Å². The minimum atomic E-state index is 0.558. The zero-order valence-electron chi connectivity index (χ0n) is 13.5. The Hall–Kier alpha value is -0.860. The molecule has 0 amide bonds. The Morgan fingerprint density at radius 1 is 1.15 bits per heavy atom. The number of ether oxygens (including phenoxy) is 1. The minimum Gasteiger partial charge on any atom is -0.381 e. The highest BCUT2D eigenvalue weighted by Crippen LogP contribution is 2.20. The number of hydrogen-bond acceptors (Lipinski definition) is 2. The smallest absolute Gasteiger partial charge is 0.0472 e. The van der Waals surface area contributed by atoms with Crippen molar-refractivity contribution < 1.29 is 4.74 Å². The van der Waals surface area contributed by atoms with Crippen LogP contribution in [0.15, 0.2) is 24.3 Å². The first kappa shape index (κ1) is 17.2. The molecule has 0 aliphatic rings. The fraction of sp³-hybridized carbons (Fsp3) is 0.667. The number of hydrogen-bond donors (Lipinski definition) is 1. The molecule has 0 heterocycles. The molecule has 1 unspecified atom stereocenters. The molecule has 0 aromatic heterocycles. The van der Waals surface area contributed by atoms with Crippen LogP contribution in [0.3, 0.4) is 0 Å². The van der Waals surface area contributed by atoms with Crippen LogP contribution >= 0.6 is 0 Å². The standard InChI is InChI=1S/C18H31NO/c1-4-6-12-20-13-10-18(15-19-11-5-2)17-9-7-8-16(3)14-17/h7-9,14,18-19H,4-6,10-13,15H2,1-3H3. The van der Waals surface area contributed by atoms with Gasteiger partial charge in [-0.25, -0.2) is 0 Å². The van der Waals surface area contributed by atoms with Gasteiger partial charge in [-0.3, -0.25) is 0 Å². The molecule has 0 aliphatic carbocycles. The summed E-state index contributed by atoms with van der Waals surface area (Å²) in [5.74, 6) is 0.558. The maximum Gasteiger partial charge on any atom is 0.0472 e. The lowest BCUT2D eigenvalue weighted by molar-refractivity contribution is 0.124. The molecule has 20 heavy (non-hydrogen) atoms. The van der Waals surface area contributed by atoms with E-state index in [1.54, 1.807) is 0 Å². The third-order valence-electron chi connectivity index (χ3n) is 3.58. The molecule has 1 aromatic rings. The summed E-state index contributed by atoms with van der Waals surface area (Å²) in [6.45, 7) is 10.5. The second-order valence-electron chi connectivity index (χ2n) is 5.57. The van der Waals surface area contributed by atoms with Crippen LogP contribution in [0.5, 0.6) is 0 Å². The molecular formula is C18H31NO. The van der Waals surface area contributed by atoms with Gasteiger partial charge in [0, 0.05) is 19.8 Å². The van der Waals surface area contributed by atoms with Crippen molar-refractivity contribution in [1.82, 2.24) is 5.32 Å². The molecule has 0 fully saturated rings. The van der Waals surface area contributed by atoms with Gasteiger partial charge in [-0.05, 0) is 44.2 Å². The summed E-state index contributed by atoms with van der Waals surface area (Å²) >= 11 is 0. The van der Waals surface area contributed by atoms with Crippen LogP contribution in [0.2, 0.25) is 0 Å². The van der Waals surface area contributed by atoms with Gasteiger partial charge >= 0.3 is 0 Å². The van der Waals surface area contributed by atoms with Gasteiger partial charge in [0.2, 0.25) is 0 Å². The van der Waals surface area contributed by atoms with Crippen molar-refractivity contribution in [3.8, 4) is 0 Å². The zero-order valence-corrected chi connectivity index (χ0v) is 13.5. The van der Waals surface area contributed by atoms with Gasteiger partial charge in [-0.1, -0.05) is 50.1 Å². The Kier molecular flexibility index (Phi) is 9.35. The minimum absolute atomic E-state index is 0.558. The van der Waals surface area contributed by atoms with Crippen molar-refractivity contribution in [2.45, 2.75) is 52.4 Å². The van der Waals surface area contributed by atoms with E-state index in [2.05, 4.69) is 50.4 Å². The normalized spacial score (nSPS) is 12.6. The summed E-state index contributed by atoms with van der Waals surface area (Å²) in [7, 11) is 0. The molecule has 2 heteroatoms. The van der Waals surface area contributed by atoms with Crippen LogP contribution in [0.4, 0.5) is 0 Å². The van der Waals surface area contributed by atoms with Crippen LogP contribution in [0, 0.1) is 6.92 Å². The fourth-order valence-electron chi connectivity index (χ4n) is 2.34. The lowest BCUT2D eigenvalue weighted by atomic mass is 9.94. The Balaban J connectivity index is 2.47. The van der Waals surface area contributed by atoms with Crippen molar-refractivity contribution in [3.05, 3.63) is 35.4 Å². The Labute approximate surface area is 124 Å². The van der Waals surface area contributed by atoms with E-state index in [4.69, 9.17) is 4.74 Å². The topological polar surface area (TPSA) is 21.3 Å². The van der Waals surface area contributed by atoms with E-state index < -0.39 is 0 Å². The number of unbranched alkanes of at least 4 members (excludes halogenated alkanes) is 1. The quantitative estimate of drug-likeness (QED) is 0.609. The van der Waals surface area contributed by atoms with Crippen LogP contribution < -0.4 is 5.32 Å². The highest BCUT2D eigenvalue weighted by molar-refractivity contribution is 5.25. The lowest BCUT2D eigenvalue weighted by Gasteiger charge is -2.18. The molecule has 2 nitrogen and oxygen atoms in total. The van der Waals surface area contributed by atoms with Crippen molar-refractivity contribution >= 4 is 0 Å². The molecule has 0 saturated carbocycles. The van der Waals surface area contributed by atoms with Crippen molar-refractivity contribution in [3.63, 3.8) is 0 Å². The van der Waals surface area contributed by atoms with E-state index in [-0.39, 0.29) is 0 Å². The lowest BCUT2D eigenvalue weighted by Crippen LogP contribution is -2.23. The van der Waals surface area contributed by atoms with E-state index in [9.17, 15) is 0 Å². The summed E-state index contributed by atoms with van der Waals surface area (Å²) in [6, 6.07) is 8.88. The first-order valence-electron chi connectivity index (χ1n) is 8.13. The van der Waals surface area contributed by atoms with Gasteiger partial charge in [-0.15, -0.1) is 0 Å². The number of rotatable bonds is 11. The van der Waals surface area contributed by atoms with Crippen molar-refractivity contribution in [1.29, 1.82) is 0 Å². The molecule has 1 rings (SSSR count). The average molecular weight is 277 g/mol. The average Bonchev–Trinajstić information content (AvgIpc) is 2.45. The molecule has 1 atom stereocenters. The highest BCUT2D eigenvalue weighted by atomic mass is 16.5. The predicted octanol–water partition coefficient (Wildman–Crippen LogP) is 4.29. The Morgan fingerprint density at radius 3 is 2.70 bits per heavy atom. The second-order valence-corrected chi connectivity index (χ2v) is 5.57. The molecule has 114 valence electrons. The molecule has 1 N–H and O–H groups in total. The van der Waals surface area contributed by atoms with Crippen molar-refractivity contribution in [2.24, 2.45) is 0 Å². The third kappa shape index (κ3) is 7.06. The van der Waals surface area contributed by atoms with Gasteiger partial charge < -0.3 is 10.1 Å². The largest absolute Gasteiger partial charge is 0.381 e. The predicted molar refractivity (Wildman–Crippen MR) is 87.4 cm³/mol. The molecular weight excluding hydrogens is 246 g/mol. The van der Waals surface area contributed by atoms with E-state index in [1.165, 1.54) is 30.4 Å². The Bertz CT molecular complexity index is 351. The van der Waals surface area contributed by atoms with Crippen LogP contribution in [-0.4, -0.2) is 26.3 Å². The summed E-state index contributed by atoms with van der Waals surface area (Å²) in [5, 5.41) is 3.55. The maximum absolute atomic E-state index is 5.73. The van der Waals surface area contributed by atoms with Gasteiger partial charge in [0.25, 0.3) is 0 Å². The Morgan fingerprint density at radius 2 is 2.00 bits per heavy atom. The highest BCUT2D eigenvalue weighted by Gasteiger charge is 2.11. The molecule has 0 aliphatic heterocycles. The first-order valence-corrected chi connectivity index (χ1v) is 8.13.